The Hall–Kier alpha value is -3.11. The summed E-state index contributed by atoms with van der Waals surface area (Å²) in [6.45, 7) is 1.91. The quantitative estimate of drug-likeness (QED) is 0.533. The molecule has 2 heterocycles. The number of nitrogens with zero attached hydrogens (tertiary/aromatic N) is 4. The lowest BCUT2D eigenvalue weighted by molar-refractivity contribution is 0.0548. The molecule has 2 aromatic carbocycles. The lowest BCUT2D eigenvalue weighted by Crippen LogP contribution is -2.48. The third-order valence-corrected chi connectivity index (χ3v) is 5.19. The average Bonchev–Trinajstić information content (AvgIpc) is 3.31. The van der Waals surface area contributed by atoms with Crippen molar-refractivity contribution in [3.05, 3.63) is 64.8 Å². The number of benzene rings is 2. The van der Waals surface area contributed by atoms with Crippen LogP contribution in [-0.2, 0) is 11.3 Å². The number of ether oxygens (including phenoxy) is 1. The van der Waals surface area contributed by atoms with Gasteiger partial charge in [-0.15, -0.1) is 10.2 Å². The van der Waals surface area contributed by atoms with E-state index in [4.69, 9.17) is 20.8 Å². The topological polar surface area (TPSA) is 71.7 Å². The molecule has 1 aliphatic heterocycles. The van der Waals surface area contributed by atoms with E-state index in [1.807, 2.05) is 0 Å². The zero-order valence-corrected chi connectivity index (χ0v) is 17.4. The number of carbonyl (C=O) groups is 1. The van der Waals surface area contributed by atoms with Gasteiger partial charge < -0.3 is 14.1 Å². The summed E-state index contributed by atoms with van der Waals surface area (Å²) in [4.78, 5) is 16.4. The molecular weight excluding hydrogens is 449 g/mol. The number of alkyl halides is 2. The van der Waals surface area contributed by atoms with E-state index in [9.17, 15) is 18.0 Å². The number of morpholine rings is 1. The molecular formula is C21H18ClF3N4O3. The number of rotatable bonds is 5. The van der Waals surface area contributed by atoms with Gasteiger partial charge in [0.25, 0.3) is 5.89 Å². The molecule has 4 rings (SSSR count). The number of amides is 2. The van der Waals surface area contributed by atoms with Crippen LogP contribution in [0.15, 0.2) is 46.9 Å². The van der Waals surface area contributed by atoms with Crippen LogP contribution in [-0.4, -0.2) is 47.4 Å². The number of carbonyl (C=O) groups excluding carboxylic acids is 1. The first-order chi connectivity index (χ1) is 15.4. The van der Waals surface area contributed by atoms with Gasteiger partial charge in [-0.2, -0.15) is 8.78 Å². The molecule has 0 spiro atoms. The molecule has 11 heteroatoms. The van der Waals surface area contributed by atoms with Crippen molar-refractivity contribution < 1.29 is 27.1 Å². The van der Waals surface area contributed by atoms with E-state index < -0.39 is 18.1 Å². The van der Waals surface area contributed by atoms with Gasteiger partial charge in [0.1, 0.15) is 5.82 Å². The Labute approximate surface area is 186 Å². The summed E-state index contributed by atoms with van der Waals surface area (Å²) in [6.07, 6.45) is -2.85. The SMILES string of the molecule is O=C(N1CCOCC1)N(Cc1ccc(-c2nnc(C(F)F)o2)cc1)c1ccc(F)c(Cl)c1. The first kappa shape index (κ1) is 22.1. The molecule has 0 saturated carbocycles. The molecule has 1 aliphatic rings. The van der Waals surface area contributed by atoms with E-state index in [1.54, 1.807) is 29.2 Å². The predicted molar refractivity (Wildman–Crippen MR) is 110 cm³/mol. The van der Waals surface area contributed by atoms with Crippen molar-refractivity contribution in [3.63, 3.8) is 0 Å². The number of hydrogen-bond donors (Lipinski definition) is 0. The third-order valence-electron chi connectivity index (χ3n) is 4.90. The minimum atomic E-state index is -2.85. The molecule has 2 amide bonds. The minimum Gasteiger partial charge on any atom is -0.415 e. The summed E-state index contributed by atoms with van der Waals surface area (Å²) in [6, 6.07) is 10.5. The number of urea groups is 1. The minimum absolute atomic E-state index is 0.0292. The zero-order valence-electron chi connectivity index (χ0n) is 16.7. The van der Waals surface area contributed by atoms with E-state index >= 15 is 0 Å². The largest absolute Gasteiger partial charge is 0.415 e. The van der Waals surface area contributed by atoms with Crippen molar-refractivity contribution in [2.75, 3.05) is 31.2 Å². The molecule has 168 valence electrons. The summed E-state index contributed by atoms with van der Waals surface area (Å²) in [5, 5.41) is 6.84. The summed E-state index contributed by atoms with van der Waals surface area (Å²) in [7, 11) is 0. The van der Waals surface area contributed by atoms with Gasteiger partial charge in [-0.05, 0) is 35.9 Å². The van der Waals surface area contributed by atoms with E-state index in [1.165, 1.54) is 23.1 Å². The molecule has 1 fully saturated rings. The Balaban J connectivity index is 1.58. The second kappa shape index (κ2) is 9.58. The standard InChI is InChI=1S/C21H18ClF3N4O3/c22-16-11-15(5-6-17(16)23)29(21(30)28-7-9-31-10-8-28)12-13-1-3-14(4-2-13)19-26-27-20(32-19)18(24)25/h1-6,11,18H,7-10,12H2. The Morgan fingerprint density at radius 3 is 2.47 bits per heavy atom. The maximum Gasteiger partial charge on any atom is 0.324 e. The van der Waals surface area contributed by atoms with Crippen LogP contribution in [0.5, 0.6) is 0 Å². The highest BCUT2D eigenvalue weighted by molar-refractivity contribution is 6.31. The van der Waals surface area contributed by atoms with E-state index in [0.717, 1.165) is 5.56 Å². The number of aromatic nitrogens is 2. The van der Waals surface area contributed by atoms with Gasteiger partial charge in [0.2, 0.25) is 5.89 Å². The summed E-state index contributed by atoms with van der Waals surface area (Å²) in [5.74, 6) is -1.36. The van der Waals surface area contributed by atoms with Gasteiger partial charge in [-0.25, -0.2) is 9.18 Å². The van der Waals surface area contributed by atoms with Gasteiger partial charge in [-0.1, -0.05) is 23.7 Å². The highest BCUT2D eigenvalue weighted by Crippen LogP contribution is 2.27. The number of hydrogen-bond acceptors (Lipinski definition) is 5. The summed E-state index contributed by atoms with van der Waals surface area (Å²) < 4.78 is 49.3. The normalized spacial score (nSPS) is 14.1. The first-order valence-electron chi connectivity index (χ1n) is 9.72. The van der Waals surface area contributed by atoms with Crippen LogP contribution in [0, 0.1) is 5.82 Å². The van der Waals surface area contributed by atoms with Crippen LogP contribution in [0.1, 0.15) is 17.9 Å². The van der Waals surface area contributed by atoms with E-state index in [-0.39, 0.29) is 23.5 Å². The average molecular weight is 467 g/mol. The van der Waals surface area contributed by atoms with Crippen molar-refractivity contribution in [2.24, 2.45) is 0 Å². The van der Waals surface area contributed by atoms with Crippen molar-refractivity contribution in [2.45, 2.75) is 13.0 Å². The fourth-order valence-corrected chi connectivity index (χ4v) is 3.40. The van der Waals surface area contributed by atoms with Crippen LogP contribution in [0.2, 0.25) is 5.02 Å². The predicted octanol–water partition coefficient (Wildman–Crippen LogP) is 4.93. The molecule has 3 aromatic rings. The Morgan fingerprint density at radius 1 is 1.12 bits per heavy atom. The monoisotopic (exact) mass is 466 g/mol. The Kier molecular flexibility index (Phi) is 6.61. The van der Waals surface area contributed by atoms with Crippen molar-refractivity contribution >= 4 is 23.3 Å². The van der Waals surface area contributed by atoms with E-state index in [2.05, 4.69) is 10.2 Å². The van der Waals surface area contributed by atoms with E-state index in [0.29, 0.717) is 37.6 Å². The van der Waals surface area contributed by atoms with Gasteiger partial charge in [0.15, 0.2) is 0 Å². The molecule has 0 aliphatic carbocycles. The maximum atomic E-state index is 13.7. The highest BCUT2D eigenvalue weighted by atomic mass is 35.5. The Morgan fingerprint density at radius 2 is 1.84 bits per heavy atom. The maximum absolute atomic E-state index is 13.7. The third kappa shape index (κ3) is 4.86. The summed E-state index contributed by atoms with van der Waals surface area (Å²) >= 11 is 5.94. The summed E-state index contributed by atoms with van der Waals surface area (Å²) in [5.41, 5.74) is 1.64. The molecule has 1 aromatic heterocycles. The lowest BCUT2D eigenvalue weighted by atomic mass is 10.1. The molecule has 0 radical (unpaired) electrons. The smallest absolute Gasteiger partial charge is 0.324 e. The number of halogens is 4. The lowest BCUT2D eigenvalue weighted by Gasteiger charge is -2.33. The van der Waals surface area contributed by atoms with Crippen LogP contribution >= 0.6 is 11.6 Å². The van der Waals surface area contributed by atoms with Crippen LogP contribution in [0.4, 0.5) is 23.7 Å². The molecule has 0 atom stereocenters. The first-order valence-corrected chi connectivity index (χ1v) is 10.1. The van der Waals surface area contributed by atoms with Crippen LogP contribution in [0.3, 0.4) is 0 Å². The Bertz CT molecular complexity index is 1090. The van der Waals surface area contributed by atoms with Crippen molar-refractivity contribution in [1.82, 2.24) is 15.1 Å². The molecule has 0 bridgehead atoms. The van der Waals surface area contributed by atoms with Crippen LogP contribution in [0.25, 0.3) is 11.5 Å². The van der Waals surface area contributed by atoms with Gasteiger partial charge in [-0.3, -0.25) is 4.90 Å². The fraction of sp³-hybridized carbons (Fsp3) is 0.286. The van der Waals surface area contributed by atoms with Gasteiger partial charge in [0, 0.05) is 24.3 Å². The second-order valence-electron chi connectivity index (χ2n) is 7.01. The molecule has 0 N–H and O–H groups in total. The molecule has 0 unspecified atom stereocenters. The highest BCUT2D eigenvalue weighted by Gasteiger charge is 2.25. The fourth-order valence-electron chi connectivity index (χ4n) is 3.22. The molecule has 32 heavy (non-hydrogen) atoms. The second-order valence-corrected chi connectivity index (χ2v) is 7.42. The van der Waals surface area contributed by atoms with Crippen LogP contribution < -0.4 is 4.90 Å². The van der Waals surface area contributed by atoms with Gasteiger partial charge in [0.05, 0.1) is 24.8 Å². The van der Waals surface area contributed by atoms with Crippen molar-refractivity contribution in [3.8, 4) is 11.5 Å². The molecule has 7 nitrogen and oxygen atoms in total. The number of anilines is 1. The van der Waals surface area contributed by atoms with Gasteiger partial charge >= 0.3 is 12.5 Å². The zero-order chi connectivity index (χ0) is 22.7. The van der Waals surface area contributed by atoms with Crippen molar-refractivity contribution in [1.29, 1.82) is 0 Å². The molecule has 1 saturated heterocycles.